The summed E-state index contributed by atoms with van der Waals surface area (Å²) < 4.78 is 23.5. The van der Waals surface area contributed by atoms with Crippen LogP contribution in [0.2, 0.25) is 0 Å². The van der Waals surface area contributed by atoms with Gasteiger partial charge < -0.3 is 15.2 Å². The summed E-state index contributed by atoms with van der Waals surface area (Å²) in [4.78, 5) is 14.5. The van der Waals surface area contributed by atoms with Crippen LogP contribution in [0, 0.1) is 12.7 Å². The molecule has 0 aliphatic carbocycles. The summed E-state index contributed by atoms with van der Waals surface area (Å²) >= 11 is 0. The van der Waals surface area contributed by atoms with E-state index in [2.05, 4.69) is 9.72 Å². The average molecular weight is 262 g/mol. The molecule has 6 heteroatoms. The van der Waals surface area contributed by atoms with E-state index < -0.39 is 11.9 Å². The number of benzene rings is 1. The monoisotopic (exact) mass is 262 g/mol. The third-order valence-corrected chi connectivity index (χ3v) is 2.22. The summed E-state index contributed by atoms with van der Waals surface area (Å²) in [6, 6.07) is 7.21. The number of halogens is 1. The van der Waals surface area contributed by atoms with E-state index in [0.29, 0.717) is 5.75 Å². The maximum absolute atomic E-state index is 13.6. The third kappa shape index (κ3) is 3.41. The Labute approximate surface area is 108 Å². The predicted molar refractivity (Wildman–Crippen MR) is 65.7 cm³/mol. The van der Waals surface area contributed by atoms with E-state index in [9.17, 15) is 9.18 Å². The highest BCUT2D eigenvalue weighted by atomic mass is 19.1. The SMILES string of the molecule is Cc1cc(Oc2ccc(OC(N)=O)c(F)c2)ccn1. The second-order valence-corrected chi connectivity index (χ2v) is 3.75. The Morgan fingerprint density at radius 2 is 2.00 bits per heavy atom. The predicted octanol–water partition coefficient (Wildman–Crippen LogP) is 2.78. The molecule has 0 atom stereocenters. The third-order valence-electron chi connectivity index (χ3n) is 2.22. The van der Waals surface area contributed by atoms with Gasteiger partial charge in [0.25, 0.3) is 0 Å². The second kappa shape index (κ2) is 5.34. The maximum Gasteiger partial charge on any atom is 0.410 e. The zero-order valence-corrected chi connectivity index (χ0v) is 10.1. The Hall–Kier alpha value is -2.63. The molecule has 0 unspecified atom stereocenters. The number of aryl methyl sites for hydroxylation is 1. The Balaban J connectivity index is 2.18. The first-order valence-electron chi connectivity index (χ1n) is 5.42. The fourth-order valence-corrected chi connectivity index (χ4v) is 1.46. The number of pyridine rings is 1. The lowest BCUT2D eigenvalue weighted by molar-refractivity contribution is 0.208. The van der Waals surface area contributed by atoms with Crippen LogP contribution >= 0.6 is 0 Å². The van der Waals surface area contributed by atoms with Crippen LogP contribution in [0.5, 0.6) is 17.2 Å². The van der Waals surface area contributed by atoms with Crippen molar-refractivity contribution in [2.75, 3.05) is 0 Å². The van der Waals surface area contributed by atoms with Crippen molar-refractivity contribution in [2.45, 2.75) is 6.92 Å². The highest BCUT2D eigenvalue weighted by Crippen LogP contribution is 2.26. The van der Waals surface area contributed by atoms with Gasteiger partial charge in [-0.3, -0.25) is 4.98 Å². The molecule has 2 N–H and O–H groups in total. The molecule has 1 amide bonds. The van der Waals surface area contributed by atoms with E-state index in [1.165, 1.54) is 12.1 Å². The quantitative estimate of drug-likeness (QED) is 0.922. The van der Waals surface area contributed by atoms with E-state index in [0.717, 1.165) is 11.8 Å². The van der Waals surface area contributed by atoms with Crippen molar-refractivity contribution in [3.63, 3.8) is 0 Å². The molecule has 2 rings (SSSR count). The molecule has 0 spiro atoms. The molecule has 1 aromatic carbocycles. The number of hydrogen-bond donors (Lipinski definition) is 1. The number of amides is 1. The maximum atomic E-state index is 13.6. The summed E-state index contributed by atoms with van der Waals surface area (Å²) in [5, 5.41) is 0. The number of nitrogens with zero attached hydrogens (tertiary/aromatic N) is 1. The van der Waals surface area contributed by atoms with Gasteiger partial charge in [-0.05, 0) is 25.1 Å². The number of nitrogens with two attached hydrogens (primary N) is 1. The Bertz CT molecular complexity index is 617. The van der Waals surface area contributed by atoms with E-state index in [1.807, 2.05) is 6.92 Å². The van der Waals surface area contributed by atoms with Gasteiger partial charge in [0, 0.05) is 24.0 Å². The van der Waals surface area contributed by atoms with Crippen LogP contribution in [-0.4, -0.2) is 11.1 Å². The van der Waals surface area contributed by atoms with Crippen LogP contribution in [-0.2, 0) is 0 Å². The number of primary amides is 1. The smallest absolute Gasteiger partial charge is 0.410 e. The number of rotatable bonds is 3. The first kappa shape index (κ1) is 12.8. The fraction of sp³-hybridized carbons (Fsp3) is 0.0769. The molecule has 0 radical (unpaired) electrons. The summed E-state index contributed by atoms with van der Waals surface area (Å²) in [7, 11) is 0. The molecule has 0 bridgehead atoms. The number of ether oxygens (including phenoxy) is 2. The van der Waals surface area contributed by atoms with E-state index in [1.54, 1.807) is 18.3 Å². The molecule has 0 saturated heterocycles. The average Bonchev–Trinajstić information content (AvgIpc) is 2.32. The largest absolute Gasteiger partial charge is 0.457 e. The lowest BCUT2D eigenvalue weighted by Crippen LogP contribution is -2.16. The number of hydrogen-bond acceptors (Lipinski definition) is 4. The second-order valence-electron chi connectivity index (χ2n) is 3.75. The number of carbonyl (C=O) groups is 1. The molecule has 2 aromatic rings. The highest BCUT2D eigenvalue weighted by Gasteiger charge is 2.08. The van der Waals surface area contributed by atoms with Gasteiger partial charge in [0.15, 0.2) is 11.6 Å². The lowest BCUT2D eigenvalue weighted by Gasteiger charge is -2.08. The minimum atomic E-state index is -1.07. The molecule has 0 aliphatic heterocycles. The van der Waals surface area contributed by atoms with Gasteiger partial charge in [-0.15, -0.1) is 0 Å². The van der Waals surface area contributed by atoms with Gasteiger partial charge in [0.05, 0.1) is 0 Å². The summed E-state index contributed by atoms with van der Waals surface area (Å²) in [5.41, 5.74) is 5.59. The number of aromatic nitrogens is 1. The van der Waals surface area contributed by atoms with Crippen molar-refractivity contribution in [1.29, 1.82) is 0 Å². The zero-order valence-electron chi connectivity index (χ0n) is 10.1. The highest BCUT2D eigenvalue weighted by molar-refractivity contribution is 5.68. The first-order valence-corrected chi connectivity index (χ1v) is 5.42. The Kier molecular flexibility index (Phi) is 3.61. The normalized spacial score (nSPS) is 10.0. The van der Waals surface area contributed by atoms with Gasteiger partial charge >= 0.3 is 6.09 Å². The van der Waals surface area contributed by atoms with Crippen molar-refractivity contribution in [2.24, 2.45) is 5.73 Å². The molecule has 0 aliphatic rings. The topological polar surface area (TPSA) is 74.4 Å². The van der Waals surface area contributed by atoms with E-state index in [-0.39, 0.29) is 11.5 Å². The Morgan fingerprint density at radius 1 is 1.26 bits per heavy atom. The van der Waals surface area contributed by atoms with Crippen LogP contribution in [0.25, 0.3) is 0 Å². The van der Waals surface area contributed by atoms with Crippen molar-refractivity contribution >= 4 is 6.09 Å². The van der Waals surface area contributed by atoms with Gasteiger partial charge in [-0.1, -0.05) is 0 Å². The van der Waals surface area contributed by atoms with Crippen molar-refractivity contribution in [1.82, 2.24) is 4.98 Å². The molecule has 98 valence electrons. The fourth-order valence-electron chi connectivity index (χ4n) is 1.46. The minimum Gasteiger partial charge on any atom is -0.457 e. The van der Waals surface area contributed by atoms with E-state index >= 15 is 0 Å². The lowest BCUT2D eigenvalue weighted by atomic mass is 10.3. The van der Waals surface area contributed by atoms with Gasteiger partial charge in [0.1, 0.15) is 11.5 Å². The molecule has 19 heavy (non-hydrogen) atoms. The minimum absolute atomic E-state index is 0.245. The molecule has 1 heterocycles. The first-order chi connectivity index (χ1) is 9.04. The van der Waals surface area contributed by atoms with Crippen LogP contribution in [0.3, 0.4) is 0 Å². The van der Waals surface area contributed by atoms with Crippen molar-refractivity contribution in [3.05, 3.63) is 48.0 Å². The molecule has 5 nitrogen and oxygen atoms in total. The van der Waals surface area contributed by atoms with Crippen LogP contribution in [0.4, 0.5) is 9.18 Å². The Morgan fingerprint density at radius 3 is 2.63 bits per heavy atom. The van der Waals surface area contributed by atoms with Crippen molar-refractivity contribution < 1.29 is 18.7 Å². The van der Waals surface area contributed by atoms with Gasteiger partial charge in [-0.25, -0.2) is 9.18 Å². The molecule has 1 aromatic heterocycles. The van der Waals surface area contributed by atoms with Crippen LogP contribution < -0.4 is 15.2 Å². The van der Waals surface area contributed by atoms with E-state index in [4.69, 9.17) is 10.5 Å². The van der Waals surface area contributed by atoms with Gasteiger partial charge in [-0.2, -0.15) is 0 Å². The summed E-state index contributed by atoms with van der Waals surface area (Å²) in [6.07, 6.45) is 0.517. The molecule has 0 saturated carbocycles. The van der Waals surface area contributed by atoms with Crippen LogP contribution in [0.1, 0.15) is 5.69 Å². The molecular weight excluding hydrogens is 251 g/mol. The summed E-state index contributed by atoms with van der Waals surface area (Å²) in [5.74, 6) is -0.164. The van der Waals surface area contributed by atoms with Crippen molar-refractivity contribution in [3.8, 4) is 17.2 Å². The van der Waals surface area contributed by atoms with Gasteiger partial charge in [0.2, 0.25) is 0 Å². The standard InChI is InChI=1S/C13H11FN2O3/c1-8-6-10(4-5-16-8)18-9-2-3-12(11(14)7-9)19-13(15)17/h2-7H,1H3,(H2,15,17). The number of carbonyl (C=O) groups excluding carboxylic acids is 1. The molecule has 0 fully saturated rings. The zero-order chi connectivity index (χ0) is 13.8. The summed E-state index contributed by atoms with van der Waals surface area (Å²) in [6.45, 7) is 1.82. The molecular formula is C13H11FN2O3. The van der Waals surface area contributed by atoms with Crippen LogP contribution in [0.15, 0.2) is 36.5 Å².